The molecule has 11 heteroatoms. The quantitative estimate of drug-likeness (QED) is 0.557. The molecule has 1 aromatic rings. The molecule has 34 heavy (non-hydrogen) atoms. The molecule has 3 N–H and O–H groups in total. The molecular weight excluding hydrogens is 459 g/mol. The Kier molecular flexibility index (Phi) is 8.86. The van der Waals surface area contributed by atoms with Crippen molar-refractivity contribution in [1.82, 2.24) is 0 Å². The third kappa shape index (κ3) is 6.83. The Morgan fingerprint density at radius 2 is 1.91 bits per heavy atom. The summed E-state index contributed by atoms with van der Waals surface area (Å²) in [5, 5.41) is 23.7. The van der Waals surface area contributed by atoms with Gasteiger partial charge in [0.15, 0.2) is 11.9 Å². The van der Waals surface area contributed by atoms with Gasteiger partial charge in [-0.1, -0.05) is 25.2 Å². The number of ether oxygens (including phenoxy) is 2. The Balaban J connectivity index is 2.55. The monoisotopic (exact) mass is 485 g/mol. The molecule has 8 nitrogen and oxygen atoms in total. The van der Waals surface area contributed by atoms with E-state index in [1.54, 1.807) is 13.8 Å². The van der Waals surface area contributed by atoms with E-state index in [1.165, 1.54) is 30.4 Å². The van der Waals surface area contributed by atoms with E-state index in [1.807, 2.05) is 6.92 Å². The molecular formula is C23H26F3NO7. The van der Waals surface area contributed by atoms with Gasteiger partial charge < -0.3 is 25.0 Å². The van der Waals surface area contributed by atoms with Crippen molar-refractivity contribution in [2.75, 3.05) is 11.9 Å². The fourth-order valence-electron chi connectivity index (χ4n) is 3.10. The predicted molar refractivity (Wildman–Crippen MR) is 116 cm³/mol. The van der Waals surface area contributed by atoms with Crippen LogP contribution in [0.5, 0.6) is 5.75 Å². The van der Waals surface area contributed by atoms with Crippen molar-refractivity contribution in [3.05, 3.63) is 41.5 Å². The van der Waals surface area contributed by atoms with E-state index in [-0.39, 0.29) is 16.9 Å². The second kappa shape index (κ2) is 11.2. The molecule has 1 heterocycles. The largest absolute Gasteiger partial charge is 0.507 e. The molecule has 1 aliphatic heterocycles. The lowest BCUT2D eigenvalue weighted by atomic mass is 9.99. The zero-order valence-electron chi connectivity index (χ0n) is 18.8. The number of hydrogen-bond donors (Lipinski definition) is 3. The summed E-state index contributed by atoms with van der Waals surface area (Å²) in [6, 6.07) is 2.83. The van der Waals surface area contributed by atoms with Crippen molar-refractivity contribution < 1.29 is 47.2 Å². The van der Waals surface area contributed by atoms with E-state index < -0.39 is 54.5 Å². The zero-order valence-corrected chi connectivity index (χ0v) is 18.8. The van der Waals surface area contributed by atoms with Crippen LogP contribution >= 0.6 is 0 Å². The van der Waals surface area contributed by atoms with E-state index in [4.69, 9.17) is 4.74 Å². The average Bonchev–Trinajstić information content (AvgIpc) is 2.74. The van der Waals surface area contributed by atoms with Gasteiger partial charge in [0.1, 0.15) is 23.5 Å². The third-order valence-corrected chi connectivity index (χ3v) is 5.13. The van der Waals surface area contributed by atoms with Crippen LogP contribution in [0.4, 0.5) is 18.9 Å². The van der Waals surface area contributed by atoms with Crippen molar-refractivity contribution >= 4 is 29.5 Å². The molecule has 0 amide bonds. The van der Waals surface area contributed by atoms with Crippen molar-refractivity contribution in [3.8, 4) is 5.75 Å². The van der Waals surface area contributed by atoms with E-state index in [0.29, 0.717) is 12.2 Å². The van der Waals surface area contributed by atoms with Crippen LogP contribution in [0.15, 0.2) is 30.4 Å². The number of carbonyl (C=O) groups excluding carboxylic acids is 3. The number of aromatic hydroxyl groups is 1. The highest BCUT2D eigenvalue weighted by atomic mass is 19.4. The summed E-state index contributed by atoms with van der Waals surface area (Å²) in [6.07, 6.45) is -5.75. The van der Waals surface area contributed by atoms with Gasteiger partial charge in [-0.25, -0.2) is 9.59 Å². The van der Waals surface area contributed by atoms with E-state index in [9.17, 15) is 37.8 Å². The summed E-state index contributed by atoms with van der Waals surface area (Å²) >= 11 is 0. The minimum atomic E-state index is -5.33. The number of esters is 2. The van der Waals surface area contributed by atoms with E-state index in [0.717, 1.165) is 6.08 Å². The number of aliphatic hydroxyl groups is 1. The maximum Gasteiger partial charge on any atom is 0.490 e. The molecule has 0 bridgehead atoms. The molecule has 2 rings (SSSR count). The summed E-state index contributed by atoms with van der Waals surface area (Å²) in [4.78, 5) is 36.5. The standard InChI is InChI=1S/C23H26F3NO7/c1-4-27-15-10-14-6-5-7-18(34-22(32)23(24,25)26)20(30)16(28)9-8-12(2)13(3)33-21(31)19(14)17(29)11-15/h5-6,8-13,18,20,27,29-30H,4,7H2,1-3H3/b6-5+,9-8-/t12-,13+,18+,20+/m1/s1. The van der Waals surface area contributed by atoms with Gasteiger partial charge in [-0.3, -0.25) is 4.79 Å². The van der Waals surface area contributed by atoms with Crippen molar-refractivity contribution in [2.24, 2.45) is 5.92 Å². The van der Waals surface area contributed by atoms with Crippen molar-refractivity contribution in [1.29, 1.82) is 0 Å². The highest BCUT2D eigenvalue weighted by molar-refractivity contribution is 5.98. The fraction of sp³-hybridized carbons (Fsp3) is 0.435. The molecule has 186 valence electrons. The number of phenols is 1. The molecule has 0 aromatic heterocycles. The van der Waals surface area contributed by atoms with Gasteiger partial charge in [0, 0.05) is 30.6 Å². The first-order valence-corrected chi connectivity index (χ1v) is 10.5. The Bertz CT molecular complexity index is 988. The third-order valence-electron chi connectivity index (χ3n) is 5.13. The number of nitrogens with one attached hydrogen (secondary N) is 1. The maximum atomic E-state index is 12.8. The molecule has 1 aromatic carbocycles. The van der Waals surface area contributed by atoms with Crippen LogP contribution in [-0.2, 0) is 19.1 Å². The SMILES string of the molecule is CCNc1cc(O)c2c(c1)/C=C/C[C@H](OC(=O)C(F)(F)F)[C@@H](O)C(=O)/C=C\[C@@H](C)[C@H](C)OC2=O. The number of aliphatic hydroxyl groups excluding tert-OH is 1. The number of rotatable bonds is 3. The van der Waals surface area contributed by atoms with Gasteiger partial charge >= 0.3 is 18.1 Å². The summed E-state index contributed by atoms with van der Waals surface area (Å²) in [6.45, 7) is 5.46. The first kappa shape index (κ1) is 26.9. The van der Waals surface area contributed by atoms with Gasteiger partial charge in [-0.15, -0.1) is 0 Å². The highest BCUT2D eigenvalue weighted by Gasteiger charge is 2.43. The topological polar surface area (TPSA) is 122 Å². The Hall–Kier alpha value is -3.34. The zero-order chi connectivity index (χ0) is 25.6. The molecule has 0 aliphatic carbocycles. The number of halogens is 3. The minimum absolute atomic E-state index is 0.162. The lowest BCUT2D eigenvalue weighted by Crippen LogP contribution is -2.40. The van der Waals surface area contributed by atoms with Gasteiger partial charge in [-0.2, -0.15) is 13.2 Å². The van der Waals surface area contributed by atoms with Crippen LogP contribution in [0.1, 0.15) is 43.1 Å². The second-order valence-corrected chi connectivity index (χ2v) is 7.75. The van der Waals surface area contributed by atoms with Gasteiger partial charge in [-0.05, 0) is 31.6 Å². The molecule has 0 fully saturated rings. The Labute approximate surface area is 194 Å². The number of anilines is 1. The Morgan fingerprint density at radius 1 is 1.24 bits per heavy atom. The van der Waals surface area contributed by atoms with Crippen LogP contribution in [0.2, 0.25) is 0 Å². The smallest absolute Gasteiger partial charge is 0.490 e. The predicted octanol–water partition coefficient (Wildman–Crippen LogP) is 3.38. The number of ketones is 1. The van der Waals surface area contributed by atoms with Crippen LogP contribution in [0.3, 0.4) is 0 Å². The summed E-state index contributed by atoms with van der Waals surface area (Å²) in [5.41, 5.74) is 0.436. The fourth-order valence-corrected chi connectivity index (χ4v) is 3.10. The van der Waals surface area contributed by atoms with Crippen LogP contribution in [0.25, 0.3) is 6.08 Å². The molecule has 0 unspecified atom stereocenters. The summed E-state index contributed by atoms with van der Waals surface area (Å²) < 4.78 is 47.9. The van der Waals surface area contributed by atoms with Crippen molar-refractivity contribution in [3.63, 3.8) is 0 Å². The van der Waals surface area contributed by atoms with Crippen LogP contribution in [0, 0.1) is 5.92 Å². The Morgan fingerprint density at radius 3 is 2.53 bits per heavy atom. The number of fused-ring (bicyclic) bond motifs is 1. The molecule has 4 atom stereocenters. The van der Waals surface area contributed by atoms with Crippen LogP contribution in [-0.4, -0.2) is 59.0 Å². The number of cyclic esters (lactones) is 1. The molecule has 0 spiro atoms. The lowest BCUT2D eigenvalue weighted by Gasteiger charge is -2.22. The number of benzene rings is 1. The van der Waals surface area contributed by atoms with Crippen LogP contribution < -0.4 is 5.32 Å². The molecule has 0 saturated carbocycles. The molecule has 1 aliphatic rings. The van der Waals surface area contributed by atoms with Gasteiger partial charge in [0.25, 0.3) is 0 Å². The van der Waals surface area contributed by atoms with E-state index >= 15 is 0 Å². The highest BCUT2D eigenvalue weighted by Crippen LogP contribution is 2.30. The summed E-state index contributed by atoms with van der Waals surface area (Å²) in [5.74, 6) is -5.32. The van der Waals surface area contributed by atoms with Gasteiger partial charge in [0.2, 0.25) is 0 Å². The maximum absolute atomic E-state index is 12.8. The number of phenolic OH excluding ortho intramolecular Hbond substituents is 1. The van der Waals surface area contributed by atoms with E-state index in [2.05, 4.69) is 10.1 Å². The normalized spacial score (nSPS) is 26.0. The number of alkyl halides is 3. The molecule has 0 saturated heterocycles. The average molecular weight is 485 g/mol. The van der Waals surface area contributed by atoms with Gasteiger partial charge in [0.05, 0.1) is 0 Å². The lowest BCUT2D eigenvalue weighted by molar-refractivity contribution is -0.208. The first-order chi connectivity index (χ1) is 15.8. The molecule has 0 radical (unpaired) electrons. The number of hydrogen-bond acceptors (Lipinski definition) is 8. The summed E-state index contributed by atoms with van der Waals surface area (Å²) in [7, 11) is 0. The first-order valence-electron chi connectivity index (χ1n) is 10.5. The number of carbonyl (C=O) groups is 3. The second-order valence-electron chi connectivity index (χ2n) is 7.75. The van der Waals surface area contributed by atoms with Crippen molar-refractivity contribution in [2.45, 2.75) is 51.7 Å². The minimum Gasteiger partial charge on any atom is -0.507 e.